The summed E-state index contributed by atoms with van der Waals surface area (Å²) in [5.41, 5.74) is -0.964. The van der Waals surface area contributed by atoms with Gasteiger partial charge in [-0.2, -0.15) is 0 Å². The molecule has 8 rings (SSSR count). The topological polar surface area (TPSA) is 225 Å². The smallest absolute Gasteiger partial charge is 0.410 e. The summed E-state index contributed by atoms with van der Waals surface area (Å²) in [4.78, 5) is 59.7. The minimum atomic E-state index is -1.99. The Morgan fingerprint density at radius 3 is 2.17 bits per heavy atom. The van der Waals surface area contributed by atoms with Crippen LogP contribution in [0.3, 0.4) is 0 Å². The molecule has 18 heteroatoms. The molecule has 396 valence electrons. The minimum absolute atomic E-state index is 0.0321. The lowest BCUT2D eigenvalue weighted by Gasteiger charge is -2.41. The number of phenolic OH excluding ortho intramolecular Hbond substituents is 2. The Bertz CT molecular complexity index is 2620. The van der Waals surface area contributed by atoms with E-state index >= 15 is 0 Å². The van der Waals surface area contributed by atoms with Gasteiger partial charge in [-0.15, -0.1) is 0 Å². The first kappa shape index (κ1) is 54.7. The Hall–Kier alpha value is -5.11. The summed E-state index contributed by atoms with van der Waals surface area (Å²) >= 11 is 0. The van der Waals surface area contributed by atoms with Crippen LogP contribution in [-0.2, 0) is 23.7 Å². The van der Waals surface area contributed by atoms with Gasteiger partial charge in [-0.25, -0.2) is 4.79 Å². The van der Waals surface area contributed by atoms with Gasteiger partial charge in [0.2, 0.25) is 0 Å². The highest BCUT2D eigenvalue weighted by molar-refractivity contribution is 6.19. The largest absolute Gasteiger partial charge is 0.507 e. The number of nitrogens with one attached hydrogen (secondary N) is 1. The van der Waals surface area contributed by atoms with E-state index in [0.717, 1.165) is 6.54 Å². The Labute approximate surface area is 423 Å². The van der Waals surface area contributed by atoms with Crippen molar-refractivity contribution in [2.45, 2.75) is 130 Å². The minimum Gasteiger partial charge on any atom is -0.507 e. The summed E-state index contributed by atoms with van der Waals surface area (Å²) in [6.45, 7) is 25.1. The summed E-state index contributed by atoms with van der Waals surface area (Å²) < 4.78 is 30.6. The lowest BCUT2D eigenvalue weighted by Crippen LogP contribution is -2.54. The number of carbonyl (C=O) groups is 3. The number of allylic oxidation sites excluding steroid dienone is 2. The molecule has 2 aromatic rings. The lowest BCUT2D eigenvalue weighted by atomic mass is 9.78. The maximum atomic E-state index is 15.0. The summed E-state index contributed by atoms with van der Waals surface area (Å²) in [5.74, 6) is -6.13. The fraction of sp³-hybridized carbons (Fsp3) is 0.648. The number of piperidine rings is 1. The number of piperazine rings is 1. The highest BCUT2D eigenvalue weighted by atomic mass is 16.7. The second-order valence-corrected chi connectivity index (χ2v) is 22.0. The molecule has 6 aliphatic rings. The monoisotopic (exact) mass is 1000 g/mol. The maximum absolute atomic E-state index is 15.0. The average molecular weight is 1000 g/mol. The van der Waals surface area contributed by atoms with Crippen molar-refractivity contribution in [2.75, 3.05) is 71.9 Å². The van der Waals surface area contributed by atoms with Crippen LogP contribution >= 0.6 is 0 Å². The number of nitrogens with zero attached hydrogens (tertiary/aromatic N) is 5. The first-order chi connectivity index (χ1) is 33.9. The fourth-order valence-electron chi connectivity index (χ4n) is 10.9. The van der Waals surface area contributed by atoms with Gasteiger partial charge in [0.15, 0.2) is 11.4 Å². The van der Waals surface area contributed by atoms with Gasteiger partial charge in [0.05, 0.1) is 46.5 Å². The Balaban J connectivity index is 1.30. The Morgan fingerprint density at radius 2 is 1.54 bits per heavy atom. The van der Waals surface area contributed by atoms with Gasteiger partial charge in [-0.1, -0.05) is 59.8 Å². The standard InChI is InChI=1S/C54H78N6O12/c1-29(2)27-58-20-18-54(19-21-58)56-40-37-38-45(63)35(8)48-39(37)49(65)53(11,72-48)70-26-17-36(68-12)32(5)47(71-51(67)60-24-22-59(23-25-60)28-52(9,10)69-13)34(7)44(62)33(6)43(61)30(3)15-14-16-31(4)50(66)55-42(46(38)64)41(40)57-54/h14-17,26,29-30,32-34,36,43-44,47,61-64H,18-25,27-28H2,1-13H3,(H,55,66)/b15-14+,26-17+,31-16-/t30-,32+,33+,34+,36-,43-,44+,47+,53-/m0/s1. The number of ether oxygens (including phenoxy) is 5. The molecule has 1 spiro atoms. The average Bonchev–Trinajstić information content (AvgIpc) is 3.84. The highest BCUT2D eigenvalue weighted by Crippen LogP contribution is 2.50. The van der Waals surface area contributed by atoms with Crippen LogP contribution in [0.2, 0.25) is 0 Å². The molecule has 2 amide bonds. The zero-order valence-electron chi connectivity index (χ0n) is 44.4. The summed E-state index contributed by atoms with van der Waals surface area (Å²) in [6.07, 6.45) is 4.35. The van der Waals surface area contributed by atoms with Crippen LogP contribution < -0.4 is 20.8 Å². The molecule has 0 aliphatic carbocycles. The molecule has 18 nitrogen and oxygen atoms in total. The van der Waals surface area contributed by atoms with Gasteiger partial charge < -0.3 is 59.2 Å². The van der Waals surface area contributed by atoms with Crippen LogP contribution in [-0.4, -0.2) is 161 Å². The van der Waals surface area contributed by atoms with E-state index < -0.39 is 83.1 Å². The molecule has 6 aliphatic heterocycles. The van der Waals surface area contributed by atoms with Gasteiger partial charge in [-0.3, -0.25) is 24.5 Å². The molecule has 72 heavy (non-hydrogen) atoms. The van der Waals surface area contributed by atoms with E-state index in [1.54, 1.807) is 70.9 Å². The third-order valence-corrected chi connectivity index (χ3v) is 15.6. The zero-order chi connectivity index (χ0) is 52.8. The number of aromatic hydroxyl groups is 2. The molecule has 6 heterocycles. The number of Topliss-reactive ketones (excluding diaryl/α,β-unsaturated/α-hetero) is 1. The van der Waals surface area contributed by atoms with Crippen LogP contribution in [0.1, 0.15) is 98.0 Å². The van der Waals surface area contributed by atoms with Crippen molar-refractivity contribution in [1.82, 2.24) is 14.7 Å². The Kier molecular flexibility index (Phi) is 16.2. The number of ketones is 1. The number of anilines is 1. The molecule has 0 unspecified atom stereocenters. The number of methoxy groups -OCH3 is 2. The molecule has 2 aromatic carbocycles. The molecular weight excluding hydrogens is 925 g/mol. The summed E-state index contributed by atoms with van der Waals surface area (Å²) in [5, 5.41) is 51.2. The van der Waals surface area contributed by atoms with Crippen LogP contribution in [0.4, 0.5) is 10.5 Å². The van der Waals surface area contributed by atoms with E-state index in [2.05, 4.69) is 29.0 Å². The first-order valence-electron chi connectivity index (χ1n) is 25.5. The van der Waals surface area contributed by atoms with E-state index in [4.69, 9.17) is 33.7 Å². The molecule has 0 radical (unpaired) electrons. The molecule has 9 atom stereocenters. The molecular formula is C54H78N6O12. The number of fused-ring (bicyclic) bond motifs is 13. The highest BCUT2D eigenvalue weighted by Gasteiger charge is 2.50. The van der Waals surface area contributed by atoms with Crippen molar-refractivity contribution in [3.8, 4) is 17.2 Å². The summed E-state index contributed by atoms with van der Waals surface area (Å²) in [6, 6.07) is 0. The molecule has 0 aromatic heterocycles. The van der Waals surface area contributed by atoms with Gasteiger partial charge in [0.1, 0.15) is 28.6 Å². The number of carbonyl (C=O) groups excluding carboxylic acids is 3. The molecule has 5 N–H and O–H groups in total. The van der Waals surface area contributed by atoms with Crippen LogP contribution in [0.15, 0.2) is 46.1 Å². The van der Waals surface area contributed by atoms with Crippen LogP contribution in [0.5, 0.6) is 17.2 Å². The molecule has 2 saturated heterocycles. The number of phenols is 2. The number of aliphatic hydroxyl groups is 2. The van der Waals surface area contributed by atoms with E-state index in [9.17, 15) is 34.8 Å². The van der Waals surface area contributed by atoms with Gasteiger partial charge in [-0.05, 0) is 39.7 Å². The maximum Gasteiger partial charge on any atom is 0.410 e. The van der Waals surface area contributed by atoms with Crippen molar-refractivity contribution in [3.63, 3.8) is 0 Å². The van der Waals surface area contributed by atoms with Crippen LogP contribution in [0, 0.1) is 36.5 Å². The second-order valence-electron chi connectivity index (χ2n) is 22.0. The third kappa shape index (κ3) is 10.8. The van der Waals surface area contributed by atoms with Crippen molar-refractivity contribution < 1.29 is 58.5 Å². The van der Waals surface area contributed by atoms with Gasteiger partial charge in [0, 0.05) is 127 Å². The lowest BCUT2D eigenvalue weighted by molar-refractivity contribution is -0.112. The zero-order valence-corrected chi connectivity index (χ0v) is 44.4. The SMILES string of the molecule is CO[C@H]1/C=C/O[C@@]2(C)Oc3c(C)c(O)c4c(O)c(c5c(c4c3C2=O)=NC2(CCN(CC(C)C)CC2)N=5)NC(=O)/C(C)=C\C=C\[C@H](C)[C@H](O)[C@@H](C)[C@@H](O)[C@@H](C)[C@H](OC(=O)N2CCN(CC(C)(C)OC)CC2)[C@@H]1C. The van der Waals surface area contributed by atoms with E-state index in [1.807, 2.05) is 20.8 Å². The molecule has 2 fully saturated rings. The van der Waals surface area contributed by atoms with E-state index in [-0.39, 0.29) is 61.0 Å². The number of hydrogen-bond acceptors (Lipinski definition) is 16. The number of amides is 2. The van der Waals surface area contributed by atoms with Crippen molar-refractivity contribution in [3.05, 3.63) is 58.0 Å². The van der Waals surface area contributed by atoms with Gasteiger partial charge >= 0.3 is 11.9 Å². The summed E-state index contributed by atoms with van der Waals surface area (Å²) in [7, 11) is 3.17. The first-order valence-corrected chi connectivity index (χ1v) is 25.5. The number of aliphatic hydroxyl groups excluding tert-OH is 2. The second kappa shape index (κ2) is 21.4. The third-order valence-electron chi connectivity index (χ3n) is 15.6. The number of hydrogen-bond donors (Lipinski definition) is 5. The van der Waals surface area contributed by atoms with Crippen molar-refractivity contribution >= 4 is 34.2 Å². The number of likely N-dealkylation sites (tertiary alicyclic amines) is 1. The van der Waals surface area contributed by atoms with E-state index in [0.29, 0.717) is 64.6 Å². The Morgan fingerprint density at radius 1 is 0.889 bits per heavy atom. The van der Waals surface area contributed by atoms with Crippen LogP contribution in [0.25, 0.3) is 10.8 Å². The van der Waals surface area contributed by atoms with Crippen molar-refractivity contribution in [1.29, 1.82) is 0 Å². The quantitative estimate of drug-likeness (QED) is 0.220. The molecule has 0 saturated carbocycles. The normalized spacial score (nSPS) is 31.3. The predicted molar refractivity (Wildman–Crippen MR) is 272 cm³/mol. The number of rotatable bonds is 7. The fourth-order valence-corrected chi connectivity index (χ4v) is 10.9. The van der Waals surface area contributed by atoms with Crippen molar-refractivity contribution in [2.24, 2.45) is 39.6 Å². The molecule has 5 bridgehead atoms. The number of benzene rings is 2. The van der Waals surface area contributed by atoms with E-state index in [1.165, 1.54) is 20.3 Å². The predicted octanol–water partition coefficient (Wildman–Crippen LogP) is 5.37. The van der Waals surface area contributed by atoms with Gasteiger partial charge in [0.25, 0.3) is 11.7 Å².